The summed E-state index contributed by atoms with van der Waals surface area (Å²) in [6, 6.07) is 12.6. The van der Waals surface area contributed by atoms with Crippen molar-refractivity contribution >= 4 is 29.0 Å². The summed E-state index contributed by atoms with van der Waals surface area (Å²) in [6.07, 6.45) is 16.2. The molecule has 192 valence electrons. The first-order valence-corrected chi connectivity index (χ1v) is 13.7. The highest BCUT2D eigenvalue weighted by molar-refractivity contribution is 6.09. The fourth-order valence-electron chi connectivity index (χ4n) is 4.46. The zero-order valence-electron chi connectivity index (χ0n) is 22.0. The second-order valence-electron chi connectivity index (χ2n) is 9.38. The van der Waals surface area contributed by atoms with Crippen LogP contribution in [0, 0.1) is 5.41 Å². The Labute approximate surface area is 215 Å². The lowest BCUT2D eigenvalue weighted by Crippen LogP contribution is -2.33. The summed E-state index contributed by atoms with van der Waals surface area (Å²) in [5.41, 5.74) is 1.04. The van der Waals surface area contributed by atoms with Gasteiger partial charge in [0.1, 0.15) is 11.6 Å². The van der Waals surface area contributed by atoms with Crippen LogP contribution < -0.4 is 4.74 Å². The summed E-state index contributed by atoms with van der Waals surface area (Å²) in [5, 5.41) is 11.4. The van der Waals surface area contributed by atoms with Crippen LogP contribution >= 0.6 is 12.4 Å². The van der Waals surface area contributed by atoms with Gasteiger partial charge in [0.05, 0.1) is 6.61 Å². The van der Waals surface area contributed by atoms with Gasteiger partial charge in [-0.05, 0) is 36.8 Å². The first kappa shape index (κ1) is 30.3. The van der Waals surface area contributed by atoms with E-state index in [1.165, 1.54) is 77.0 Å². The Morgan fingerprint density at radius 1 is 0.676 bits per heavy atom. The van der Waals surface area contributed by atoms with E-state index in [9.17, 15) is 0 Å². The van der Waals surface area contributed by atoms with Crippen LogP contribution in [0.15, 0.2) is 36.4 Å². The van der Waals surface area contributed by atoms with Crippen molar-refractivity contribution in [1.82, 2.24) is 4.90 Å². The number of ether oxygens (including phenoxy) is 1. The molecule has 0 atom stereocenters. The molecule has 2 rings (SSSR count). The third-order valence-electron chi connectivity index (χ3n) is 6.52. The molecule has 2 aromatic carbocycles. The van der Waals surface area contributed by atoms with Gasteiger partial charge in [0.2, 0.25) is 0 Å². The Kier molecular flexibility index (Phi) is 16.5. The summed E-state index contributed by atoms with van der Waals surface area (Å²) in [7, 11) is 0. The minimum absolute atomic E-state index is 0. The number of halogens is 1. The maximum Gasteiger partial charge on any atom is 0.128 e. The monoisotopic (exact) mass is 488 g/mol. The summed E-state index contributed by atoms with van der Waals surface area (Å²) >= 11 is 0. The van der Waals surface area contributed by atoms with E-state index in [2.05, 4.69) is 62.1 Å². The van der Waals surface area contributed by atoms with Gasteiger partial charge in [-0.3, -0.25) is 5.41 Å². The largest absolute Gasteiger partial charge is 0.493 e. The highest BCUT2D eigenvalue weighted by Gasteiger charge is 2.16. The fourth-order valence-corrected chi connectivity index (χ4v) is 4.46. The third-order valence-corrected chi connectivity index (χ3v) is 6.52. The molecule has 0 fully saturated rings. The molecule has 0 aliphatic carbocycles. The zero-order chi connectivity index (χ0) is 23.7. The first-order chi connectivity index (χ1) is 16.2. The lowest BCUT2D eigenvalue weighted by Gasteiger charge is -2.26. The number of rotatable bonds is 18. The number of amidine groups is 1. The van der Waals surface area contributed by atoms with Crippen LogP contribution in [0.3, 0.4) is 0 Å². The molecule has 0 aromatic heterocycles. The number of benzene rings is 2. The molecular formula is C30H49ClN2O. The molecule has 0 aliphatic heterocycles. The van der Waals surface area contributed by atoms with Gasteiger partial charge < -0.3 is 9.64 Å². The number of hydrogen-bond donors (Lipinski definition) is 1. The highest BCUT2D eigenvalue weighted by Crippen LogP contribution is 2.30. The minimum Gasteiger partial charge on any atom is -0.493 e. The van der Waals surface area contributed by atoms with Crippen molar-refractivity contribution in [3.63, 3.8) is 0 Å². The van der Waals surface area contributed by atoms with Crippen molar-refractivity contribution in [2.75, 3.05) is 19.7 Å². The van der Waals surface area contributed by atoms with Gasteiger partial charge >= 0.3 is 0 Å². The third kappa shape index (κ3) is 10.3. The predicted octanol–water partition coefficient (Wildman–Crippen LogP) is 9.40. The van der Waals surface area contributed by atoms with Gasteiger partial charge in [0, 0.05) is 24.0 Å². The standard InChI is InChI=1S/C30H48N2O.ClH/c1-4-7-10-12-16-23-32(24-17-13-11-8-5-2)30(31)28-21-22-29(33-25-18-9-6-3)27-20-15-14-19-26(27)28;/h14-15,19-22,31H,4-13,16-18,23-25H2,1-3H3;1H. The predicted molar refractivity (Wildman–Crippen MR) is 152 cm³/mol. The Bertz CT molecular complexity index is 793. The average molecular weight is 489 g/mol. The van der Waals surface area contributed by atoms with E-state index in [0.717, 1.165) is 48.2 Å². The van der Waals surface area contributed by atoms with Crippen molar-refractivity contribution in [3.8, 4) is 5.75 Å². The maximum absolute atomic E-state index is 9.15. The average Bonchev–Trinajstić information content (AvgIpc) is 2.84. The normalized spacial score (nSPS) is 10.8. The van der Waals surface area contributed by atoms with E-state index >= 15 is 0 Å². The van der Waals surface area contributed by atoms with Crippen LogP contribution in [0.4, 0.5) is 0 Å². The molecule has 0 spiro atoms. The Morgan fingerprint density at radius 3 is 1.79 bits per heavy atom. The Hall–Kier alpha value is -1.74. The molecule has 0 heterocycles. The number of unbranched alkanes of at least 4 members (excludes halogenated alkanes) is 10. The van der Waals surface area contributed by atoms with Crippen LogP contribution in [-0.4, -0.2) is 30.4 Å². The van der Waals surface area contributed by atoms with E-state index < -0.39 is 0 Å². The summed E-state index contributed by atoms with van der Waals surface area (Å²) in [6.45, 7) is 9.48. The molecular weight excluding hydrogens is 440 g/mol. The first-order valence-electron chi connectivity index (χ1n) is 13.7. The molecule has 0 aliphatic rings. The minimum atomic E-state index is 0. The van der Waals surface area contributed by atoms with Crippen LogP contribution in [0.1, 0.15) is 110 Å². The summed E-state index contributed by atoms with van der Waals surface area (Å²) in [5.74, 6) is 1.62. The Balaban J connectivity index is 0.00000578. The molecule has 4 heteroatoms. The quantitative estimate of drug-likeness (QED) is 0.129. The van der Waals surface area contributed by atoms with Gasteiger partial charge in [-0.25, -0.2) is 0 Å². The smallest absolute Gasteiger partial charge is 0.128 e. The van der Waals surface area contributed by atoms with E-state index in [4.69, 9.17) is 10.1 Å². The number of nitrogens with one attached hydrogen (secondary N) is 1. The van der Waals surface area contributed by atoms with Crippen molar-refractivity contribution < 1.29 is 4.74 Å². The number of hydrogen-bond acceptors (Lipinski definition) is 2. The number of fused-ring (bicyclic) bond motifs is 1. The van der Waals surface area contributed by atoms with Gasteiger partial charge in [-0.15, -0.1) is 12.4 Å². The molecule has 0 unspecified atom stereocenters. The molecule has 34 heavy (non-hydrogen) atoms. The van der Waals surface area contributed by atoms with E-state index in [0.29, 0.717) is 5.84 Å². The molecule has 0 amide bonds. The molecule has 0 saturated heterocycles. The Morgan fingerprint density at radius 2 is 1.21 bits per heavy atom. The van der Waals surface area contributed by atoms with Gasteiger partial charge in [0.25, 0.3) is 0 Å². The second-order valence-corrected chi connectivity index (χ2v) is 9.38. The van der Waals surface area contributed by atoms with Gasteiger partial charge in [0.15, 0.2) is 0 Å². The SMILES string of the molecule is CCCCCCCN(CCCCCCC)C(=N)c1ccc(OCCCCC)c2ccccc12.Cl. The lowest BCUT2D eigenvalue weighted by atomic mass is 10.0. The molecule has 0 saturated carbocycles. The molecule has 3 nitrogen and oxygen atoms in total. The van der Waals surface area contributed by atoms with E-state index in [-0.39, 0.29) is 12.4 Å². The zero-order valence-corrected chi connectivity index (χ0v) is 22.9. The highest BCUT2D eigenvalue weighted by atomic mass is 35.5. The van der Waals surface area contributed by atoms with Gasteiger partial charge in [-0.2, -0.15) is 0 Å². The van der Waals surface area contributed by atoms with E-state index in [1.807, 2.05) is 0 Å². The van der Waals surface area contributed by atoms with Crippen molar-refractivity contribution in [2.24, 2.45) is 0 Å². The molecule has 0 radical (unpaired) electrons. The lowest BCUT2D eigenvalue weighted by molar-refractivity contribution is 0.310. The van der Waals surface area contributed by atoms with Crippen molar-refractivity contribution in [3.05, 3.63) is 42.0 Å². The molecule has 2 aromatic rings. The summed E-state index contributed by atoms with van der Waals surface area (Å²) < 4.78 is 6.14. The topological polar surface area (TPSA) is 36.3 Å². The van der Waals surface area contributed by atoms with Gasteiger partial charge in [-0.1, -0.05) is 109 Å². The van der Waals surface area contributed by atoms with Crippen molar-refractivity contribution in [1.29, 1.82) is 5.41 Å². The van der Waals surface area contributed by atoms with Crippen LogP contribution in [0.2, 0.25) is 0 Å². The number of nitrogens with zero attached hydrogens (tertiary/aromatic N) is 1. The van der Waals surface area contributed by atoms with Crippen LogP contribution in [0.5, 0.6) is 5.75 Å². The molecule has 1 N–H and O–H groups in total. The second kappa shape index (κ2) is 18.6. The van der Waals surface area contributed by atoms with Crippen LogP contribution in [0.25, 0.3) is 10.8 Å². The maximum atomic E-state index is 9.15. The van der Waals surface area contributed by atoms with Crippen molar-refractivity contribution in [2.45, 2.75) is 104 Å². The molecule has 0 bridgehead atoms. The fraction of sp³-hybridized carbons (Fsp3) is 0.633. The summed E-state index contributed by atoms with van der Waals surface area (Å²) in [4.78, 5) is 2.33. The van der Waals surface area contributed by atoms with E-state index in [1.54, 1.807) is 0 Å². The van der Waals surface area contributed by atoms with Crippen LogP contribution in [-0.2, 0) is 0 Å².